The van der Waals surface area contributed by atoms with E-state index in [1.807, 2.05) is 0 Å². The average molecular weight is 484 g/mol. The van der Waals surface area contributed by atoms with Gasteiger partial charge in [-0.2, -0.15) is 31.6 Å². The number of hydrogen-bond acceptors (Lipinski definition) is 3. The second kappa shape index (κ2) is 8.81. The molecule has 3 rings (SSSR count). The molecule has 1 aromatic carbocycles. The summed E-state index contributed by atoms with van der Waals surface area (Å²) in [4.78, 5) is 17.7. The highest BCUT2D eigenvalue weighted by atomic mass is 19.4. The Morgan fingerprint density at radius 1 is 1.12 bits per heavy atom. The quantitative estimate of drug-likeness (QED) is 0.434. The molecule has 0 N–H and O–H groups in total. The van der Waals surface area contributed by atoms with Crippen LogP contribution in [-0.4, -0.2) is 22.0 Å². The molecule has 5 nitrogen and oxygen atoms in total. The fourth-order valence-electron chi connectivity index (χ4n) is 3.30. The summed E-state index contributed by atoms with van der Waals surface area (Å²) in [5.41, 5.74) is -4.75. The number of benzene rings is 1. The van der Waals surface area contributed by atoms with Crippen molar-refractivity contribution in [2.45, 2.75) is 26.2 Å². The number of carbonyl (C=O) groups is 1. The maximum atomic E-state index is 13.6. The number of nitrogens with zero attached hydrogens (tertiary/aromatic N) is 4. The van der Waals surface area contributed by atoms with E-state index in [2.05, 4.69) is 4.98 Å². The molecule has 0 aliphatic carbocycles. The first-order valence-corrected chi connectivity index (χ1v) is 9.64. The van der Waals surface area contributed by atoms with Crippen LogP contribution in [0.1, 0.15) is 39.8 Å². The summed E-state index contributed by atoms with van der Waals surface area (Å²) in [7, 11) is 0. The first-order chi connectivity index (χ1) is 15.8. The van der Waals surface area contributed by atoms with Crippen LogP contribution in [-0.2, 0) is 12.4 Å². The van der Waals surface area contributed by atoms with Crippen molar-refractivity contribution in [2.75, 3.05) is 11.4 Å². The summed E-state index contributed by atoms with van der Waals surface area (Å²) in [5.74, 6) is -2.33. The number of rotatable bonds is 4. The highest BCUT2D eigenvalue weighted by Crippen LogP contribution is 2.38. The summed E-state index contributed by atoms with van der Waals surface area (Å²) in [6, 6.07) is 7.19. The number of pyridine rings is 1. The number of anilines is 1. The van der Waals surface area contributed by atoms with Crippen LogP contribution in [0.3, 0.4) is 0 Å². The number of alkyl halides is 6. The molecule has 2 aromatic heterocycles. The molecule has 0 aliphatic rings. The Labute approximate surface area is 188 Å². The van der Waals surface area contributed by atoms with Crippen molar-refractivity contribution in [3.8, 4) is 11.9 Å². The van der Waals surface area contributed by atoms with Gasteiger partial charge in [0.2, 0.25) is 0 Å². The van der Waals surface area contributed by atoms with Gasteiger partial charge in [-0.1, -0.05) is 0 Å². The normalized spacial score (nSPS) is 11.9. The van der Waals surface area contributed by atoms with Crippen molar-refractivity contribution in [3.63, 3.8) is 0 Å². The zero-order valence-electron chi connectivity index (χ0n) is 17.6. The number of halogens is 7. The van der Waals surface area contributed by atoms with Crippen LogP contribution in [0.25, 0.3) is 5.82 Å². The molecule has 0 saturated heterocycles. The molecule has 0 saturated carbocycles. The van der Waals surface area contributed by atoms with Crippen molar-refractivity contribution >= 4 is 11.6 Å². The summed E-state index contributed by atoms with van der Waals surface area (Å²) < 4.78 is 94.8. The van der Waals surface area contributed by atoms with Crippen molar-refractivity contribution in [1.82, 2.24) is 9.55 Å². The van der Waals surface area contributed by atoms with Gasteiger partial charge in [0.15, 0.2) is 5.82 Å². The van der Waals surface area contributed by atoms with Gasteiger partial charge in [-0.3, -0.25) is 9.36 Å². The molecule has 0 atom stereocenters. The molecular formula is C22H15F7N4O. The van der Waals surface area contributed by atoms with Crippen LogP contribution >= 0.6 is 0 Å². The van der Waals surface area contributed by atoms with E-state index in [4.69, 9.17) is 0 Å². The van der Waals surface area contributed by atoms with Gasteiger partial charge in [-0.15, -0.1) is 0 Å². The Kier molecular flexibility index (Phi) is 6.42. The number of aromatic nitrogens is 2. The molecule has 178 valence electrons. The molecule has 3 aromatic rings. The third-order valence-corrected chi connectivity index (χ3v) is 4.92. The van der Waals surface area contributed by atoms with Crippen LogP contribution in [0.15, 0.2) is 42.6 Å². The highest BCUT2D eigenvalue weighted by Gasteiger charge is 2.41. The Morgan fingerprint density at radius 2 is 1.79 bits per heavy atom. The summed E-state index contributed by atoms with van der Waals surface area (Å²) in [6.45, 7) is 3.09. The zero-order valence-corrected chi connectivity index (χ0v) is 17.6. The highest BCUT2D eigenvalue weighted by molar-refractivity contribution is 6.05. The number of nitriles is 1. The largest absolute Gasteiger partial charge is 0.433 e. The predicted molar refractivity (Wildman–Crippen MR) is 107 cm³/mol. The molecule has 1 amide bonds. The number of amides is 1. The van der Waals surface area contributed by atoms with Crippen molar-refractivity contribution in [1.29, 1.82) is 5.26 Å². The zero-order chi connectivity index (χ0) is 25.4. The third-order valence-electron chi connectivity index (χ3n) is 4.92. The minimum absolute atomic E-state index is 0.0456. The lowest BCUT2D eigenvalue weighted by molar-refractivity contribution is -0.145. The SMILES string of the molecule is CCN(C(=O)c1cccn1-c1nc(C(F)(F)F)cc(C(F)(F)F)c1C#N)c1ccc(F)c(C)c1. The number of hydrogen-bond donors (Lipinski definition) is 0. The van der Waals surface area contributed by atoms with Crippen molar-refractivity contribution < 1.29 is 35.5 Å². The standard InChI is InChI=1S/C22H15F7N4O/c1-3-32(13-6-7-16(23)12(2)9-13)20(34)17-5-4-8-33(17)19-14(11-30)15(21(24,25)26)10-18(31-19)22(27,28)29/h4-10H,3H2,1-2H3. The van der Waals surface area contributed by atoms with E-state index in [1.54, 1.807) is 6.92 Å². The first-order valence-electron chi connectivity index (χ1n) is 9.64. The van der Waals surface area contributed by atoms with Gasteiger partial charge in [-0.05, 0) is 55.8 Å². The number of aryl methyl sites for hydroxylation is 1. The van der Waals surface area contributed by atoms with Gasteiger partial charge in [0.05, 0.1) is 5.56 Å². The monoisotopic (exact) mass is 484 g/mol. The van der Waals surface area contributed by atoms with E-state index in [1.165, 1.54) is 31.2 Å². The summed E-state index contributed by atoms with van der Waals surface area (Å²) >= 11 is 0. The summed E-state index contributed by atoms with van der Waals surface area (Å²) in [6.07, 6.45) is -9.51. The lowest BCUT2D eigenvalue weighted by Crippen LogP contribution is -2.32. The average Bonchev–Trinajstić information content (AvgIpc) is 3.24. The second-order valence-electron chi connectivity index (χ2n) is 7.11. The van der Waals surface area contributed by atoms with Crippen LogP contribution < -0.4 is 4.90 Å². The second-order valence-corrected chi connectivity index (χ2v) is 7.11. The Hall–Kier alpha value is -3.88. The number of carbonyl (C=O) groups excluding carboxylic acids is 1. The summed E-state index contributed by atoms with van der Waals surface area (Å²) in [5, 5.41) is 9.36. The van der Waals surface area contributed by atoms with Crippen LogP contribution in [0.4, 0.5) is 36.4 Å². The minimum atomic E-state index is -5.29. The van der Waals surface area contributed by atoms with Crippen LogP contribution in [0, 0.1) is 24.1 Å². The molecule has 0 fully saturated rings. The Morgan fingerprint density at radius 3 is 2.32 bits per heavy atom. The molecule has 0 aliphatic heterocycles. The maximum absolute atomic E-state index is 13.6. The molecule has 0 bridgehead atoms. The maximum Gasteiger partial charge on any atom is 0.433 e. The fraction of sp³-hybridized carbons (Fsp3) is 0.227. The molecular weight excluding hydrogens is 469 g/mol. The molecule has 0 spiro atoms. The topological polar surface area (TPSA) is 61.9 Å². The van der Waals surface area contributed by atoms with Gasteiger partial charge in [0.1, 0.15) is 28.8 Å². The van der Waals surface area contributed by atoms with Gasteiger partial charge >= 0.3 is 12.4 Å². The fourth-order valence-corrected chi connectivity index (χ4v) is 3.30. The van der Waals surface area contributed by atoms with Gasteiger partial charge in [0, 0.05) is 18.4 Å². The Bertz CT molecular complexity index is 1290. The first kappa shape index (κ1) is 24.8. The van der Waals surface area contributed by atoms with E-state index in [-0.39, 0.29) is 29.6 Å². The van der Waals surface area contributed by atoms with E-state index < -0.39 is 46.7 Å². The van der Waals surface area contributed by atoms with E-state index >= 15 is 0 Å². The molecule has 0 unspecified atom stereocenters. The molecule has 34 heavy (non-hydrogen) atoms. The predicted octanol–water partition coefficient (Wildman–Crippen LogP) is 5.90. The lowest BCUT2D eigenvalue weighted by Gasteiger charge is -2.23. The molecule has 0 radical (unpaired) electrons. The van der Waals surface area contributed by atoms with Crippen molar-refractivity contribution in [3.05, 3.63) is 76.5 Å². The van der Waals surface area contributed by atoms with Gasteiger partial charge in [0.25, 0.3) is 5.91 Å². The van der Waals surface area contributed by atoms with Crippen LogP contribution in [0.2, 0.25) is 0 Å². The van der Waals surface area contributed by atoms with E-state index in [9.17, 15) is 40.8 Å². The lowest BCUT2D eigenvalue weighted by atomic mass is 10.1. The van der Waals surface area contributed by atoms with Crippen LogP contribution in [0.5, 0.6) is 0 Å². The minimum Gasteiger partial charge on any atom is -0.307 e. The smallest absolute Gasteiger partial charge is 0.307 e. The van der Waals surface area contributed by atoms with Gasteiger partial charge < -0.3 is 4.90 Å². The van der Waals surface area contributed by atoms with Gasteiger partial charge in [-0.25, -0.2) is 9.37 Å². The molecule has 12 heteroatoms. The third kappa shape index (κ3) is 4.59. The van der Waals surface area contributed by atoms with E-state index in [0.29, 0.717) is 4.57 Å². The van der Waals surface area contributed by atoms with Crippen molar-refractivity contribution in [2.24, 2.45) is 0 Å². The molecule has 2 heterocycles. The van der Waals surface area contributed by atoms with E-state index in [0.717, 1.165) is 23.2 Å². The Balaban J connectivity index is 2.23.